The van der Waals surface area contributed by atoms with E-state index >= 15 is 0 Å². The second-order valence-corrected chi connectivity index (χ2v) is 16.6. The van der Waals surface area contributed by atoms with Crippen molar-refractivity contribution in [2.24, 2.45) is 35.3 Å². The van der Waals surface area contributed by atoms with Crippen LogP contribution < -0.4 is 5.73 Å². The van der Waals surface area contributed by atoms with Gasteiger partial charge in [-0.3, -0.25) is 0 Å². The summed E-state index contributed by atoms with van der Waals surface area (Å²) in [6.45, 7) is 0.379. The number of fused-ring (bicyclic) bond motifs is 1. The van der Waals surface area contributed by atoms with Gasteiger partial charge in [-0.2, -0.15) is 0 Å². The first-order chi connectivity index (χ1) is 23.7. The monoisotopic (exact) mass is 715 g/mol. The van der Waals surface area contributed by atoms with Crippen LogP contribution in [0.25, 0.3) is 0 Å². The second-order valence-electron chi connectivity index (χ2n) is 14.1. The van der Waals surface area contributed by atoms with Crippen LogP contribution in [0.5, 0.6) is 0 Å². The summed E-state index contributed by atoms with van der Waals surface area (Å²) in [5.41, 5.74) is 10.5. The number of aliphatic hydroxyl groups is 5. The molecule has 10 heteroatoms. The smallest absolute Gasteiger partial charge is 0.332 e. The zero-order chi connectivity index (χ0) is 35.2. The highest BCUT2D eigenvalue weighted by Gasteiger charge is 2.34. The van der Waals surface area contributed by atoms with Crippen LogP contribution in [0.4, 0.5) is 0 Å². The minimum absolute atomic E-state index is 0.0249. The zero-order valence-corrected chi connectivity index (χ0v) is 30.2. The van der Waals surface area contributed by atoms with Gasteiger partial charge in [0.05, 0.1) is 24.9 Å². The van der Waals surface area contributed by atoms with Crippen LogP contribution in [0, 0.1) is 29.6 Å². The molecule has 1 saturated carbocycles. The van der Waals surface area contributed by atoms with E-state index in [9.17, 15) is 35.4 Å². The van der Waals surface area contributed by atoms with Gasteiger partial charge in [-0.15, -0.1) is 0 Å². The third-order valence-electron chi connectivity index (χ3n) is 10.8. The molecule has 0 spiro atoms. The van der Waals surface area contributed by atoms with Crippen molar-refractivity contribution in [1.29, 1.82) is 0 Å². The minimum atomic E-state index is -1.48. The van der Waals surface area contributed by atoms with Crippen molar-refractivity contribution in [2.45, 2.75) is 107 Å². The average molecular weight is 716 g/mol. The molecule has 1 fully saturated rings. The highest BCUT2D eigenvalue weighted by molar-refractivity contribution is 8.76. The fourth-order valence-corrected chi connectivity index (χ4v) is 10.4. The Balaban J connectivity index is 1.62. The van der Waals surface area contributed by atoms with Crippen LogP contribution in [-0.2, 0) is 30.0 Å². The van der Waals surface area contributed by atoms with Crippen molar-refractivity contribution in [3.63, 3.8) is 0 Å². The molecule has 0 bridgehead atoms. The quantitative estimate of drug-likeness (QED) is 0.110. The summed E-state index contributed by atoms with van der Waals surface area (Å²) in [4.78, 5) is 12.2. The Hall–Kier alpha value is -1.89. The second kappa shape index (κ2) is 20.8. The average Bonchev–Trinajstić information content (AvgIpc) is 3.11. The van der Waals surface area contributed by atoms with Gasteiger partial charge in [-0.05, 0) is 129 Å². The summed E-state index contributed by atoms with van der Waals surface area (Å²) in [6, 6.07) is 16.4. The molecule has 2 aliphatic rings. The molecule has 4 rings (SSSR count). The van der Waals surface area contributed by atoms with Gasteiger partial charge in [0.25, 0.3) is 0 Å². The van der Waals surface area contributed by atoms with Gasteiger partial charge < -0.3 is 36.4 Å². The first-order valence-corrected chi connectivity index (χ1v) is 20.5. The lowest BCUT2D eigenvalue weighted by Gasteiger charge is -2.33. The maximum Gasteiger partial charge on any atom is 0.332 e. The maximum absolute atomic E-state index is 12.2. The Labute approximate surface area is 300 Å². The van der Waals surface area contributed by atoms with E-state index in [1.165, 1.54) is 11.1 Å². The molecule has 272 valence electrons. The summed E-state index contributed by atoms with van der Waals surface area (Å²) >= 11 is 0. The summed E-state index contributed by atoms with van der Waals surface area (Å²) in [6.07, 6.45) is 7.53. The summed E-state index contributed by atoms with van der Waals surface area (Å²) in [7, 11) is 3.69. The molecule has 0 radical (unpaired) electrons. The number of hydrogen-bond acceptors (Lipinski definition) is 9. The number of hydrogen-bond donors (Lipinski definition) is 7. The molecule has 0 saturated heterocycles. The van der Waals surface area contributed by atoms with Gasteiger partial charge in [0.2, 0.25) is 0 Å². The van der Waals surface area contributed by atoms with Crippen molar-refractivity contribution in [3.05, 3.63) is 82.9 Å². The van der Waals surface area contributed by atoms with Crippen LogP contribution in [0.15, 0.2) is 60.7 Å². The molecule has 0 amide bonds. The van der Waals surface area contributed by atoms with Gasteiger partial charge in [-0.25, -0.2) is 4.79 Å². The van der Waals surface area contributed by atoms with E-state index in [1.807, 2.05) is 51.9 Å². The van der Waals surface area contributed by atoms with Crippen LogP contribution in [-0.4, -0.2) is 73.3 Å². The van der Waals surface area contributed by atoms with Gasteiger partial charge >= 0.3 is 5.97 Å². The topological polar surface area (TPSA) is 164 Å². The van der Waals surface area contributed by atoms with Gasteiger partial charge in [0.15, 0.2) is 6.10 Å². The van der Waals surface area contributed by atoms with Crippen molar-refractivity contribution in [2.75, 3.05) is 12.3 Å². The third-order valence-corrected chi connectivity index (χ3v) is 13.3. The number of carboxylic acid groups (broad SMARTS) is 1. The third kappa shape index (κ3) is 12.4. The van der Waals surface area contributed by atoms with E-state index in [4.69, 9.17) is 5.73 Å². The Morgan fingerprint density at radius 1 is 0.878 bits per heavy atom. The number of benzene rings is 2. The predicted octanol–water partition coefficient (Wildman–Crippen LogP) is 5.51. The number of aliphatic carboxylic acids is 1. The van der Waals surface area contributed by atoms with Crippen molar-refractivity contribution < 1.29 is 35.4 Å². The number of rotatable bonds is 12. The van der Waals surface area contributed by atoms with E-state index in [0.717, 1.165) is 35.5 Å². The molecule has 49 heavy (non-hydrogen) atoms. The minimum Gasteiger partial charge on any atom is -0.479 e. The van der Waals surface area contributed by atoms with E-state index in [0.29, 0.717) is 64.3 Å². The van der Waals surface area contributed by atoms with E-state index < -0.39 is 30.2 Å². The van der Waals surface area contributed by atoms with Crippen LogP contribution >= 0.6 is 21.6 Å². The van der Waals surface area contributed by atoms with Crippen molar-refractivity contribution in [1.82, 2.24) is 0 Å². The SMILES string of the molecule is NCC[C@@H]1CC[C@@H](CC=C[C@H](O)[C@H](O)C2CCC(O)CC2)[C@H](Cc2cccc(CO)c2)CSSCc2ccccc2CC[C@@H]1[C@@H](O)C(=O)O. The fraction of sp³-hybridized carbons (Fsp3) is 0.615. The zero-order valence-electron chi connectivity index (χ0n) is 28.6. The standard InChI is InChI=1S/C39H57NO7S2/c40-20-19-30-12-11-29(9-4-10-36(43)37(44)31-13-16-34(42)17-14-31)33(22-26-5-3-6-27(21-26)23-41)25-49-48-24-32-8-2-1-7-28(32)15-18-35(30)38(45)39(46)47/h1-8,10,21,29-31,33-38,41-45H,9,11-20,22-25,40H2,(H,46,47)/t29-,30+,31?,33-,34?,35+,36+,37-,38-/m1/s1. The largest absolute Gasteiger partial charge is 0.479 e. The predicted molar refractivity (Wildman–Crippen MR) is 199 cm³/mol. The maximum atomic E-state index is 12.2. The molecule has 0 unspecified atom stereocenters. The molecule has 1 heterocycles. The molecule has 1 aliphatic carbocycles. The van der Waals surface area contributed by atoms with Gasteiger partial charge in [0, 0.05) is 11.5 Å². The van der Waals surface area contributed by atoms with Crippen molar-refractivity contribution in [3.8, 4) is 0 Å². The van der Waals surface area contributed by atoms with Gasteiger partial charge in [-0.1, -0.05) is 82.3 Å². The summed E-state index contributed by atoms with van der Waals surface area (Å²) in [5, 5.41) is 62.5. The van der Waals surface area contributed by atoms with E-state index in [1.54, 1.807) is 6.08 Å². The molecule has 1 aliphatic heterocycles. The van der Waals surface area contributed by atoms with Crippen LogP contribution in [0.1, 0.15) is 80.0 Å². The highest BCUT2D eigenvalue weighted by atomic mass is 33.1. The molecule has 8 N–H and O–H groups in total. The molecular weight excluding hydrogens is 659 g/mol. The number of aliphatic hydroxyl groups excluding tert-OH is 5. The summed E-state index contributed by atoms with van der Waals surface area (Å²) in [5.74, 6) is 0.345. The summed E-state index contributed by atoms with van der Waals surface area (Å²) < 4.78 is 0. The normalized spacial score (nSPS) is 27.9. The number of carboxylic acids is 1. The lowest BCUT2D eigenvalue weighted by atomic mass is 9.75. The highest BCUT2D eigenvalue weighted by Crippen LogP contribution is 2.39. The van der Waals surface area contributed by atoms with Gasteiger partial charge in [0.1, 0.15) is 0 Å². The lowest BCUT2D eigenvalue weighted by Crippen LogP contribution is -2.36. The Kier molecular flexibility index (Phi) is 17.0. The number of nitrogens with two attached hydrogens (primary N) is 1. The Morgan fingerprint density at radius 3 is 2.31 bits per heavy atom. The number of allylic oxidation sites excluding steroid dienone is 1. The molecule has 7 atom stereocenters. The Morgan fingerprint density at radius 2 is 1.59 bits per heavy atom. The molecule has 2 aromatic carbocycles. The molecule has 8 nitrogen and oxygen atoms in total. The fourth-order valence-electron chi connectivity index (χ4n) is 7.85. The molecular formula is C39H57NO7S2. The first-order valence-electron chi connectivity index (χ1n) is 18.0. The van der Waals surface area contributed by atoms with E-state index in [2.05, 4.69) is 24.3 Å². The van der Waals surface area contributed by atoms with Crippen molar-refractivity contribution >= 4 is 27.6 Å². The van der Waals surface area contributed by atoms with E-state index in [-0.39, 0.29) is 36.4 Å². The molecule has 2 aromatic rings. The number of aryl methyl sites for hydroxylation is 1. The first kappa shape index (κ1) is 39.9. The number of carbonyl (C=O) groups is 1. The van der Waals surface area contributed by atoms with Crippen LogP contribution in [0.3, 0.4) is 0 Å². The lowest BCUT2D eigenvalue weighted by molar-refractivity contribution is -0.151. The Bertz CT molecular complexity index is 1300. The van der Waals surface area contributed by atoms with Crippen LogP contribution in [0.2, 0.25) is 0 Å². The molecule has 0 aromatic heterocycles.